The molecule has 0 atom stereocenters. The predicted molar refractivity (Wildman–Crippen MR) is 70.0 cm³/mol. The van der Waals surface area contributed by atoms with Gasteiger partial charge in [-0.25, -0.2) is 16.8 Å². The van der Waals surface area contributed by atoms with Crippen LogP contribution in [-0.2, 0) is 31.1 Å². The number of hydrogen-bond donors (Lipinski definition) is 2. The minimum Gasteiger partial charge on any atom is -0.481 e. The third-order valence-electron chi connectivity index (χ3n) is 1.95. The van der Waals surface area contributed by atoms with E-state index in [2.05, 4.69) is 4.72 Å². The molecule has 2 N–H and O–H groups in total. The molecule has 0 saturated heterocycles. The summed E-state index contributed by atoms with van der Waals surface area (Å²) in [6.07, 6.45) is 0.651. The lowest BCUT2D eigenvalue weighted by Gasteiger charge is -2.07. The van der Waals surface area contributed by atoms with E-state index in [4.69, 9.17) is 5.11 Å². The van der Waals surface area contributed by atoms with E-state index in [9.17, 15) is 21.6 Å². The number of benzene rings is 1. The molecule has 1 aromatic carbocycles. The lowest BCUT2D eigenvalue weighted by molar-refractivity contribution is -0.136. The highest BCUT2D eigenvalue weighted by Crippen LogP contribution is 2.12. The molecule has 19 heavy (non-hydrogen) atoms. The van der Waals surface area contributed by atoms with Gasteiger partial charge < -0.3 is 5.11 Å². The number of hydrogen-bond acceptors (Lipinski definition) is 5. The van der Waals surface area contributed by atoms with Crippen molar-refractivity contribution in [3.8, 4) is 0 Å². The second-order valence-electron chi connectivity index (χ2n) is 4.03. The number of nitrogens with one attached hydrogen (secondary N) is 1. The minimum atomic E-state index is -3.98. The number of rotatable bonds is 6. The zero-order valence-electron chi connectivity index (χ0n) is 10.0. The van der Waals surface area contributed by atoms with E-state index in [-0.39, 0.29) is 12.1 Å². The van der Waals surface area contributed by atoms with Crippen LogP contribution in [0, 0.1) is 0 Å². The van der Waals surface area contributed by atoms with E-state index in [1.165, 1.54) is 24.3 Å². The quantitative estimate of drug-likeness (QED) is 0.767. The zero-order valence-corrected chi connectivity index (χ0v) is 11.7. The van der Waals surface area contributed by atoms with Crippen molar-refractivity contribution in [1.29, 1.82) is 0 Å². The predicted octanol–water partition coefficient (Wildman–Crippen LogP) is 0.0575. The number of sulfonamides is 1. The van der Waals surface area contributed by atoms with Crippen LogP contribution in [0.2, 0.25) is 0 Å². The maximum atomic E-state index is 11.5. The average Bonchev–Trinajstić information content (AvgIpc) is 2.15. The van der Waals surface area contributed by atoms with Crippen molar-refractivity contribution in [3.63, 3.8) is 0 Å². The fourth-order valence-corrected chi connectivity index (χ4v) is 4.34. The molecule has 7 nitrogen and oxygen atoms in total. The number of sulfone groups is 1. The molecule has 0 spiro atoms. The van der Waals surface area contributed by atoms with Gasteiger partial charge in [0.1, 0.15) is 0 Å². The van der Waals surface area contributed by atoms with Crippen molar-refractivity contribution in [2.45, 2.75) is 6.42 Å². The first kappa shape index (κ1) is 15.4. The highest BCUT2D eigenvalue weighted by molar-refractivity contribution is 8.08. The fourth-order valence-electron chi connectivity index (χ4n) is 1.36. The summed E-state index contributed by atoms with van der Waals surface area (Å²) in [5.74, 6) is -0.995. The van der Waals surface area contributed by atoms with E-state index < -0.39 is 30.9 Å². The van der Waals surface area contributed by atoms with Crippen LogP contribution in [0.3, 0.4) is 0 Å². The molecule has 0 aliphatic carbocycles. The molecular weight excluding hydrogens is 294 g/mol. The molecule has 0 aliphatic heterocycles. The largest absolute Gasteiger partial charge is 0.481 e. The van der Waals surface area contributed by atoms with Crippen molar-refractivity contribution in [1.82, 2.24) is 0 Å². The lowest BCUT2D eigenvalue weighted by atomic mass is 10.1. The standard InChI is InChI=1S/C10H13NO6S2/c1-18(14,15)7-19(16,17)11-9-4-2-8(3-5-9)6-10(12)13/h2-5,11H,6-7H2,1H3,(H,12,13). The van der Waals surface area contributed by atoms with Gasteiger partial charge in [-0.15, -0.1) is 0 Å². The van der Waals surface area contributed by atoms with Crippen LogP contribution in [-0.4, -0.2) is 39.3 Å². The Labute approximate surface area is 111 Å². The molecule has 0 radical (unpaired) electrons. The third-order valence-corrected chi connectivity index (χ3v) is 5.45. The van der Waals surface area contributed by atoms with Crippen LogP contribution < -0.4 is 4.72 Å². The van der Waals surface area contributed by atoms with Crippen molar-refractivity contribution in [3.05, 3.63) is 29.8 Å². The van der Waals surface area contributed by atoms with Crippen LogP contribution in [0.5, 0.6) is 0 Å². The summed E-state index contributed by atoms with van der Waals surface area (Å²) in [5, 5.41) is 7.57. The fraction of sp³-hybridized carbons (Fsp3) is 0.300. The highest BCUT2D eigenvalue weighted by atomic mass is 32.3. The van der Waals surface area contributed by atoms with E-state index >= 15 is 0 Å². The van der Waals surface area contributed by atoms with E-state index in [0.717, 1.165) is 6.26 Å². The van der Waals surface area contributed by atoms with Crippen LogP contribution in [0.1, 0.15) is 5.56 Å². The van der Waals surface area contributed by atoms with Crippen molar-refractivity contribution < 1.29 is 26.7 Å². The summed E-state index contributed by atoms with van der Waals surface area (Å²) >= 11 is 0. The smallest absolute Gasteiger partial charge is 0.307 e. The maximum absolute atomic E-state index is 11.5. The van der Waals surface area contributed by atoms with Gasteiger partial charge in [-0.3, -0.25) is 9.52 Å². The van der Waals surface area contributed by atoms with Gasteiger partial charge in [0.25, 0.3) is 0 Å². The number of anilines is 1. The first-order valence-electron chi connectivity index (χ1n) is 5.06. The van der Waals surface area contributed by atoms with Gasteiger partial charge >= 0.3 is 5.97 Å². The molecule has 0 amide bonds. The zero-order chi connectivity index (χ0) is 14.7. The summed E-state index contributed by atoms with van der Waals surface area (Å²) in [6, 6.07) is 5.65. The Morgan fingerprint density at radius 2 is 1.68 bits per heavy atom. The van der Waals surface area contributed by atoms with Gasteiger partial charge in [0.05, 0.1) is 6.42 Å². The van der Waals surface area contributed by atoms with Crippen LogP contribution >= 0.6 is 0 Å². The Hall–Kier alpha value is -1.61. The average molecular weight is 307 g/mol. The van der Waals surface area contributed by atoms with Gasteiger partial charge in [-0.05, 0) is 17.7 Å². The second-order valence-corrected chi connectivity index (χ2v) is 8.26. The third kappa shape index (κ3) is 6.20. The molecule has 0 bridgehead atoms. The molecule has 1 rings (SSSR count). The number of carbonyl (C=O) groups is 1. The molecule has 0 aromatic heterocycles. The monoisotopic (exact) mass is 307 g/mol. The van der Waals surface area contributed by atoms with Crippen molar-refractivity contribution >= 4 is 31.5 Å². The topological polar surface area (TPSA) is 118 Å². The van der Waals surface area contributed by atoms with E-state index in [1.807, 2.05) is 0 Å². The molecule has 106 valence electrons. The SMILES string of the molecule is CS(=O)(=O)CS(=O)(=O)Nc1ccc(CC(=O)O)cc1. The number of carboxylic acids is 1. The van der Waals surface area contributed by atoms with Crippen LogP contribution in [0.4, 0.5) is 5.69 Å². The summed E-state index contributed by atoms with van der Waals surface area (Å²) in [7, 11) is -7.64. The lowest BCUT2D eigenvalue weighted by Crippen LogP contribution is -2.22. The number of carboxylic acid groups (broad SMARTS) is 1. The van der Waals surface area contributed by atoms with E-state index in [1.54, 1.807) is 0 Å². The molecular formula is C10H13NO6S2. The summed E-state index contributed by atoms with van der Waals surface area (Å²) < 4.78 is 46.9. The Bertz CT molecular complexity index is 660. The normalized spacial score (nSPS) is 12.1. The first-order chi connectivity index (χ1) is 8.57. The Morgan fingerprint density at radius 1 is 1.16 bits per heavy atom. The van der Waals surface area contributed by atoms with Gasteiger partial charge in [0, 0.05) is 11.9 Å². The Kier molecular flexibility index (Phi) is 4.53. The minimum absolute atomic E-state index is 0.170. The number of aliphatic carboxylic acids is 1. The summed E-state index contributed by atoms with van der Waals surface area (Å²) in [5.41, 5.74) is 0.691. The molecule has 0 fully saturated rings. The Morgan fingerprint density at radius 3 is 2.11 bits per heavy atom. The van der Waals surface area contributed by atoms with Crippen LogP contribution in [0.25, 0.3) is 0 Å². The molecule has 0 aliphatic rings. The molecule has 0 saturated carbocycles. The van der Waals surface area contributed by atoms with Gasteiger partial charge in [0.2, 0.25) is 10.0 Å². The van der Waals surface area contributed by atoms with E-state index in [0.29, 0.717) is 5.56 Å². The summed E-state index contributed by atoms with van der Waals surface area (Å²) in [6.45, 7) is 0. The van der Waals surface area contributed by atoms with Crippen molar-refractivity contribution in [2.24, 2.45) is 0 Å². The van der Waals surface area contributed by atoms with Gasteiger partial charge in [0.15, 0.2) is 14.9 Å². The van der Waals surface area contributed by atoms with Crippen LogP contribution in [0.15, 0.2) is 24.3 Å². The Balaban J connectivity index is 2.81. The molecule has 1 aromatic rings. The molecule has 0 heterocycles. The highest BCUT2D eigenvalue weighted by Gasteiger charge is 2.17. The maximum Gasteiger partial charge on any atom is 0.307 e. The molecule has 0 unspecified atom stereocenters. The van der Waals surface area contributed by atoms with Crippen molar-refractivity contribution in [2.75, 3.05) is 16.1 Å². The van der Waals surface area contributed by atoms with Gasteiger partial charge in [-0.1, -0.05) is 12.1 Å². The molecule has 9 heteroatoms. The van der Waals surface area contributed by atoms with Gasteiger partial charge in [-0.2, -0.15) is 0 Å². The second kappa shape index (κ2) is 5.57. The first-order valence-corrected chi connectivity index (χ1v) is 8.78. The summed E-state index contributed by atoms with van der Waals surface area (Å²) in [4.78, 5) is 10.5.